The van der Waals surface area contributed by atoms with E-state index in [1.54, 1.807) is 24.4 Å². The Hall–Kier alpha value is -2.97. The number of nitrogens with two attached hydrogens (primary N) is 1. The number of hydrogen-bond donors (Lipinski definition) is 3. The quantitative estimate of drug-likeness (QED) is 0.646. The van der Waals surface area contributed by atoms with Gasteiger partial charge in [0.2, 0.25) is 0 Å². The number of rotatable bonds is 4. The van der Waals surface area contributed by atoms with Gasteiger partial charge < -0.3 is 20.9 Å². The van der Waals surface area contributed by atoms with E-state index in [0.29, 0.717) is 23.7 Å². The third kappa shape index (κ3) is 3.49. The number of para-hydroxylation sites is 1. The van der Waals surface area contributed by atoms with E-state index in [2.05, 4.69) is 27.5 Å². The fourth-order valence-corrected chi connectivity index (χ4v) is 3.22. The van der Waals surface area contributed by atoms with Crippen molar-refractivity contribution in [1.82, 2.24) is 25.3 Å². The second-order valence-electron chi connectivity index (χ2n) is 6.61. The Balaban J connectivity index is 1.65. The number of anilines is 1. The summed E-state index contributed by atoms with van der Waals surface area (Å²) in [6, 6.07) is 8.91. The number of ether oxygens (including phenoxy) is 1. The molecule has 0 amide bonds. The molecule has 4 N–H and O–H groups in total. The molecule has 1 aliphatic rings. The average Bonchev–Trinajstić information content (AvgIpc) is 3.19. The van der Waals surface area contributed by atoms with Crippen molar-refractivity contribution in [1.29, 1.82) is 0 Å². The number of aromatic nitrogens is 4. The van der Waals surface area contributed by atoms with Gasteiger partial charge in [0.1, 0.15) is 5.75 Å². The molecule has 1 aromatic carbocycles. The summed E-state index contributed by atoms with van der Waals surface area (Å²) in [4.78, 5) is 0. The highest BCUT2D eigenvalue weighted by atomic mass is 16.5. The highest BCUT2D eigenvalue weighted by molar-refractivity contribution is 5.78. The van der Waals surface area contributed by atoms with E-state index in [1.165, 1.54) is 0 Å². The Labute approximate surface area is 157 Å². The minimum atomic E-state index is 0.0660. The van der Waals surface area contributed by atoms with Crippen molar-refractivity contribution in [3.63, 3.8) is 0 Å². The molecule has 140 valence electrons. The minimum absolute atomic E-state index is 0.0660. The summed E-state index contributed by atoms with van der Waals surface area (Å²) in [5, 5.41) is 26.1. The maximum Gasteiger partial charge on any atom is 0.154 e. The Kier molecular flexibility index (Phi) is 4.74. The summed E-state index contributed by atoms with van der Waals surface area (Å²) >= 11 is 0. The van der Waals surface area contributed by atoms with E-state index < -0.39 is 0 Å². The van der Waals surface area contributed by atoms with Gasteiger partial charge in [-0.2, -0.15) is 5.10 Å². The van der Waals surface area contributed by atoms with E-state index in [4.69, 9.17) is 10.5 Å². The normalized spacial score (nSPS) is 18.3. The van der Waals surface area contributed by atoms with Gasteiger partial charge in [-0.15, -0.1) is 10.2 Å². The van der Waals surface area contributed by atoms with Gasteiger partial charge >= 0.3 is 0 Å². The lowest BCUT2D eigenvalue weighted by Crippen LogP contribution is -2.42. The highest BCUT2D eigenvalue weighted by Crippen LogP contribution is 2.32. The molecule has 3 heterocycles. The third-order valence-electron chi connectivity index (χ3n) is 4.83. The molecule has 2 atom stereocenters. The highest BCUT2D eigenvalue weighted by Gasteiger charge is 2.23. The molecule has 8 heteroatoms. The van der Waals surface area contributed by atoms with Gasteiger partial charge in [-0.1, -0.05) is 12.1 Å². The second-order valence-corrected chi connectivity index (χ2v) is 6.61. The summed E-state index contributed by atoms with van der Waals surface area (Å²) in [7, 11) is 0. The van der Waals surface area contributed by atoms with Crippen molar-refractivity contribution in [2.45, 2.75) is 19.1 Å². The van der Waals surface area contributed by atoms with Crippen LogP contribution in [0, 0.1) is 0 Å². The summed E-state index contributed by atoms with van der Waals surface area (Å²) in [5.41, 5.74) is 8.79. The van der Waals surface area contributed by atoms with Crippen LogP contribution in [0.5, 0.6) is 5.75 Å². The van der Waals surface area contributed by atoms with Crippen LogP contribution in [0.2, 0.25) is 0 Å². The van der Waals surface area contributed by atoms with Crippen LogP contribution >= 0.6 is 0 Å². The van der Waals surface area contributed by atoms with Gasteiger partial charge in [0, 0.05) is 36.0 Å². The molecule has 0 spiro atoms. The van der Waals surface area contributed by atoms with Gasteiger partial charge in [-0.05, 0) is 25.1 Å². The maximum absolute atomic E-state index is 10.1. The molecule has 1 unspecified atom stereocenters. The summed E-state index contributed by atoms with van der Waals surface area (Å²) in [6.45, 7) is 4.46. The van der Waals surface area contributed by atoms with Crippen molar-refractivity contribution >= 4 is 5.82 Å². The van der Waals surface area contributed by atoms with E-state index >= 15 is 0 Å². The molecule has 4 rings (SSSR count). The average molecular weight is 366 g/mol. The molecule has 2 aromatic heterocycles. The maximum atomic E-state index is 10.1. The van der Waals surface area contributed by atoms with Crippen LogP contribution in [0.3, 0.4) is 0 Å². The predicted molar refractivity (Wildman–Crippen MR) is 102 cm³/mol. The van der Waals surface area contributed by atoms with Gasteiger partial charge in [0.15, 0.2) is 5.82 Å². The fourth-order valence-electron chi connectivity index (χ4n) is 3.22. The Bertz CT molecular complexity index is 935. The zero-order valence-corrected chi connectivity index (χ0v) is 15.0. The first-order valence-electron chi connectivity index (χ1n) is 8.92. The van der Waals surface area contributed by atoms with Crippen LogP contribution in [0.4, 0.5) is 5.82 Å². The molecular formula is C19H22N6O2. The van der Waals surface area contributed by atoms with Gasteiger partial charge in [-0.25, -0.2) is 0 Å². The van der Waals surface area contributed by atoms with Crippen LogP contribution in [-0.2, 0) is 4.74 Å². The number of aromatic hydroxyl groups is 1. The monoisotopic (exact) mass is 366 g/mol. The number of benzene rings is 1. The molecule has 3 aromatic rings. The smallest absolute Gasteiger partial charge is 0.154 e. The third-order valence-corrected chi connectivity index (χ3v) is 4.83. The van der Waals surface area contributed by atoms with Gasteiger partial charge in [0.25, 0.3) is 0 Å². The first kappa shape index (κ1) is 17.4. The number of phenolic OH excluding ortho intramolecular Hbond substituents is 1. The van der Waals surface area contributed by atoms with Crippen LogP contribution in [-0.4, -0.2) is 50.9 Å². The minimum Gasteiger partial charge on any atom is -0.507 e. The van der Waals surface area contributed by atoms with Crippen LogP contribution in [0.15, 0.2) is 42.7 Å². The lowest BCUT2D eigenvalue weighted by Gasteiger charge is -2.28. The van der Waals surface area contributed by atoms with Crippen LogP contribution in [0.25, 0.3) is 22.4 Å². The molecule has 0 radical (unpaired) electrons. The van der Waals surface area contributed by atoms with E-state index in [9.17, 15) is 5.11 Å². The number of hydrogen-bond acceptors (Lipinski definition) is 7. The summed E-state index contributed by atoms with van der Waals surface area (Å²) in [6.07, 6.45) is 3.76. The lowest BCUT2D eigenvalue weighted by atomic mass is 10.1. The number of nitrogens with zero attached hydrogens (tertiary/aromatic N) is 4. The van der Waals surface area contributed by atoms with E-state index in [1.807, 2.05) is 23.0 Å². The first-order chi connectivity index (χ1) is 13.1. The lowest BCUT2D eigenvalue weighted by molar-refractivity contribution is -0.00318. The molecule has 8 nitrogen and oxygen atoms in total. The Morgan fingerprint density at radius 3 is 2.93 bits per heavy atom. The van der Waals surface area contributed by atoms with Crippen molar-refractivity contribution in [2.75, 3.05) is 25.4 Å². The molecule has 27 heavy (non-hydrogen) atoms. The van der Waals surface area contributed by atoms with Gasteiger partial charge in [-0.3, -0.25) is 4.68 Å². The van der Waals surface area contributed by atoms with Gasteiger partial charge in [0.05, 0.1) is 30.6 Å². The Morgan fingerprint density at radius 1 is 1.30 bits per heavy atom. The number of nitrogen functional groups attached to an aromatic ring is 1. The zero-order chi connectivity index (χ0) is 18.8. The van der Waals surface area contributed by atoms with E-state index in [-0.39, 0.29) is 17.9 Å². The second kappa shape index (κ2) is 7.34. The molecule has 1 aliphatic heterocycles. The number of nitrogens with one attached hydrogen (secondary N) is 1. The predicted octanol–water partition coefficient (Wildman–Crippen LogP) is 1.84. The van der Waals surface area contributed by atoms with Crippen molar-refractivity contribution in [3.8, 4) is 28.1 Å². The molecule has 0 saturated carbocycles. The number of morpholine rings is 1. The summed E-state index contributed by atoms with van der Waals surface area (Å²) in [5.74, 6) is 0.464. The molecular weight excluding hydrogens is 344 g/mol. The standard InChI is InChI=1S/C19H22N6O2/c1-12(18-10-21-6-7-27-18)25-11-13(9-22-25)15-8-16(23-24-19(15)20)14-4-2-3-5-17(14)26/h2-5,8-9,11-12,18,21,26H,6-7,10H2,1H3,(H2,20,24)/t12?,18-/m0/s1. The molecule has 0 aliphatic carbocycles. The fraction of sp³-hybridized carbons (Fsp3) is 0.316. The van der Waals surface area contributed by atoms with Crippen molar-refractivity contribution in [3.05, 3.63) is 42.7 Å². The molecule has 1 fully saturated rings. The molecule has 1 saturated heterocycles. The zero-order valence-electron chi connectivity index (χ0n) is 15.0. The first-order valence-corrected chi connectivity index (χ1v) is 8.92. The SMILES string of the molecule is CC([C@@H]1CNCCO1)n1cc(-c2cc(-c3ccccc3O)nnc2N)cn1. The largest absolute Gasteiger partial charge is 0.507 e. The topological polar surface area (TPSA) is 111 Å². The van der Waals surface area contributed by atoms with Crippen LogP contribution < -0.4 is 11.1 Å². The van der Waals surface area contributed by atoms with Crippen LogP contribution in [0.1, 0.15) is 13.0 Å². The van der Waals surface area contributed by atoms with Crippen molar-refractivity contribution in [2.24, 2.45) is 0 Å². The number of phenols is 1. The molecule has 0 bridgehead atoms. The Morgan fingerprint density at radius 2 is 2.15 bits per heavy atom. The summed E-state index contributed by atoms with van der Waals surface area (Å²) < 4.78 is 7.71. The van der Waals surface area contributed by atoms with E-state index in [0.717, 1.165) is 24.2 Å². The van der Waals surface area contributed by atoms with Crippen molar-refractivity contribution < 1.29 is 9.84 Å².